The molecule has 7 heteroatoms. The van der Waals surface area contributed by atoms with Gasteiger partial charge in [0.15, 0.2) is 0 Å². The van der Waals surface area contributed by atoms with Gasteiger partial charge in [-0.25, -0.2) is 18.9 Å². The zero-order chi connectivity index (χ0) is 12.6. The van der Waals surface area contributed by atoms with Crippen molar-refractivity contribution in [2.75, 3.05) is 0 Å². The van der Waals surface area contributed by atoms with Gasteiger partial charge in [-0.3, -0.25) is 0 Å². The maximum absolute atomic E-state index is 13.1. The second-order valence-corrected chi connectivity index (χ2v) is 3.76. The topological polar surface area (TPSA) is 68.0 Å². The average Bonchev–Trinajstić information content (AvgIpc) is 2.59. The van der Waals surface area contributed by atoms with E-state index in [1.165, 1.54) is 16.8 Å². The first-order chi connectivity index (χ1) is 7.97. The van der Waals surface area contributed by atoms with E-state index in [-0.39, 0.29) is 10.8 Å². The van der Waals surface area contributed by atoms with Crippen molar-refractivity contribution in [1.29, 1.82) is 0 Å². The molecule has 1 aromatic carbocycles. The second-order valence-electron chi connectivity index (χ2n) is 3.33. The maximum atomic E-state index is 13.1. The number of hydrogen-bond donors (Lipinski definition) is 1. The maximum Gasteiger partial charge on any atom is 0.375 e. The Hall–Kier alpha value is -1.95. The highest BCUT2D eigenvalue weighted by Gasteiger charge is 2.14. The normalized spacial score (nSPS) is 10.5. The summed E-state index contributed by atoms with van der Waals surface area (Å²) in [6.07, 6.45) is 0. The molecular formula is C10H7ClFN3O2. The number of carboxylic acid groups (broad SMARTS) is 1. The van der Waals surface area contributed by atoms with E-state index < -0.39 is 11.8 Å². The van der Waals surface area contributed by atoms with Crippen LogP contribution in [-0.4, -0.2) is 25.8 Å². The van der Waals surface area contributed by atoms with Crippen LogP contribution in [0, 0.1) is 12.7 Å². The highest BCUT2D eigenvalue weighted by molar-refractivity contribution is 6.30. The number of aromatic nitrogens is 3. The lowest BCUT2D eigenvalue weighted by molar-refractivity contribution is 0.0683. The summed E-state index contributed by atoms with van der Waals surface area (Å²) >= 11 is 5.70. The fourth-order valence-corrected chi connectivity index (χ4v) is 1.60. The molecule has 0 aliphatic carbocycles. The Morgan fingerprint density at radius 2 is 2.18 bits per heavy atom. The summed E-state index contributed by atoms with van der Waals surface area (Å²) in [6, 6.07) is 3.81. The average molecular weight is 256 g/mol. The first-order valence-corrected chi connectivity index (χ1v) is 4.98. The molecule has 0 saturated carbocycles. The number of carbonyl (C=O) groups is 1. The van der Waals surface area contributed by atoms with E-state index in [0.717, 1.165) is 6.07 Å². The first kappa shape index (κ1) is 11.5. The first-order valence-electron chi connectivity index (χ1n) is 4.61. The Morgan fingerprint density at radius 3 is 2.71 bits per heavy atom. The van der Waals surface area contributed by atoms with Gasteiger partial charge < -0.3 is 5.11 Å². The number of halogens is 2. The molecule has 0 amide bonds. The third-order valence-electron chi connectivity index (χ3n) is 2.05. The molecule has 1 aromatic heterocycles. The Labute approximate surface area is 100 Å². The van der Waals surface area contributed by atoms with Crippen LogP contribution >= 0.6 is 11.6 Å². The molecule has 2 rings (SSSR count). The molecule has 0 aliphatic heterocycles. The van der Waals surface area contributed by atoms with Crippen LogP contribution < -0.4 is 0 Å². The number of rotatable bonds is 2. The van der Waals surface area contributed by atoms with Gasteiger partial charge in [-0.1, -0.05) is 11.6 Å². The predicted octanol–water partition coefficient (Wildman–Crippen LogP) is 2.07. The molecule has 0 atom stereocenters. The zero-order valence-electron chi connectivity index (χ0n) is 8.69. The van der Waals surface area contributed by atoms with Crippen LogP contribution in [0.3, 0.4) is 0 Å². The Balaban J connectivity index is 2.56. The molecule has 0 fully saturated rings. The molecule has 0 radical (unpaired) electrons. The van der Waals surface area contributed by atoms with Crippen molar-refractivity contribution in [3.8, 4) is 5.69 Å². The number of aryl methyl sites for hydroxylation is 1. The molecule has 2 aromatic rings. The predicted molar refractivity (Wildman–Crippen MR) is 58.0 cm³/mol. The van der Waals surface area contributed by atoms with Crippen LogP contribution in [0.4, 0.5) is 4.39 Å². The monoisotopic (exact) mass is 255 g/mol. The summed E-state index contributed by atoms with van der Waals surface area (Å²) in [5, 5.41) is 12.7. The van der Waals surface area contributed by atoms with Crippen LogP contribution in [0.1, 0.15) is 16.4 Å². The minimum Gasteiger partial charge on any atom is -0.475 e. The Bertz CT molecular complexity index is 577. The van der Waals surface area contributed by atoms with Gasteiger partial charge in [0.05, 0.1) is 5.69 Å². The van der Waals surface area contributed by atoms with Gasteiger partial charge in [0, 0.05) is 5.02 Å². The number of aromatic carboxylic acids is 1. The van der Waals surface area contributed by atoms with Crippen molar-refractivity contribution in [3.63, 3.8) is 0 Å². The minimum atomic E-state index is -1.24. The molecule has 1 heterocycles. The standard InChI is InChI=1S/C10H7ClFN3O2/c1-5-13-9(10(16)17)14-15(5)8-3-6(11)2-7(12)4-8/h2-4H,1H3,(H,16,17). The van der Waals surface area contributed by atoms with E-state index in [0.29, 0.717) is 11.5 Å². The van der Waals surface area contributed by atoms with Crippen molar-refractivity contribution < 1.29 is 14.3 Å². The van der Waals surface area contributed by atoms with Crippen molar-refractivity contribution in [3.05, 3.63) is 40.7 Å². The third-order valence-corrected chi connectivity index (χ3v) is 2.27. The summed E-state index contributed by atoms with van der Waals surface area (Å²) < 4.78 is 14.4. The Morgan fingerprint density at radius 1 is 1.47 bits per heavy atom. The molecule has 0 saturated heterocycles. The molecule has 17 heavy (non-hydrogen) atoms. The van der Waals surface area contributed by atoms with Crippen LogP contribution in [0.2, 0.25) is 5.02 Å². The highest BCUT2D eigenvalue weighted by atomic mass is 35.5. The summed E-state index contributed by atoms with van der Waals surface area (Å²) in [6.45, 7) is 1.57. The van der Waals surface area contributed by atoms with E-state index >= 15 is 0 Å². The van der Waals surface area contributed by atoms with Gasteiger partial charge in [-0.05, 0) is 25.1 Å². The molecule has 0 aliphatic rings. The lowest BCUT2D eigenvalue weighted by Crippen LogP contribution is -2.02. The molecular weight excluding hydrogens is 249 g/mol. The van der Waals surface area contributed by atoms with Gasteiger partial charge in [0.25, 0.3) is 5.82 Å². The largest absolute Gasteiger partial charge is 0.475 e. The van der Waals surface area contributed by atoms with Crippen LogP contribution in [0.15, 0.2) is 18.2 Å². The number of benzene rings is 1. The van der Waals surface area contributed by atoms with Crippen LogP contribution in [-0.2, 0) is 0 Å². The minimum absolute atomic E-state index is 0.201. The molecule has 1 N–H and O–H groups in total. The summed E-state index contributed by atoms with van der Waals surface area (Å²) in [4.78, 5) is 14.4. The van der Waals surface area contributed by atoms with Crippen molar-refractivity contribution in [2.45, 2.75) is 6.92 Å². The van der Waals surface area contributed by atoms with Gasteiger partial charge >= 0.3 is 5.97 Å². The lowest BCUT2D eigenvalue weighted by atomic mass is 10.3. The number of carboxylic acids is 1. The molecule has 0 unspecified atom stereocenters. The van der Waals surface area contributed by atoms with Gasteiger partial charge in [-0.15, -0.1) is 5.10 Å². The van der Waals surface area contributed by atoms with Crippen LogP contribution in [0.5, 0.6) is 0 Å². The van der Waals surface area contributed by atoms with E-state index in [1.807, 2.05) is 0 Å². The van der Waals surface area contributed by atoms with Gasteiger partial charge in [0.2, 0.25) is 0 Å². The summed E-state index contributed by atoms with van der Waals surface area (Å²) in [5.74, 6) is -1.78. The zero-order valence-corrected chi connectivity index (χ0v) is 9.44. The van der Waals surface area contributed by atoms with E-state index in [9.17, 15) is 9.18 Å². The fourth-order valence-electron chi connectivity index (χ4n) is 1.39. The van der Waals surface area contributed by atoms with Crippen molar-refractivity contribution >= 4 is 17.6 Å². The SMILES string of the molecule is Cc1nc(C(=O)O)nn1-c1cc(F)cc(Cl)c1. The summed E-state index contributed by atoms with van der Waals surface area (Å²) in [7, 11) is 0. The molecule has 0 spiro atoms. The molecule has 0 bridgehead atoms. The highest BCUT2D eigenvalue weighted by Crippen LogP contribution is 2.18. The van der Waals surface area contributed by atoms with Crippen molar-refractivity contribution in [2.24, 2.45) is 0 Å². The van der Waals surface area contributed by atoms with Crippen molar-refractivity contribution in [1.82, 2.24) is 14.8 Å². The van der Waals surface area contributed by atoms with Gasteiger partial charge in [-0.2, -0.15) is 0 Å². The van der Waals surface area contributed by atoms with E-state index in [2.05, 4.69) is 10.1 Å². The molecule has 5 nitrogen and oxygen atoms in total. The quantitative estimate of drug-likeness (QED) is 0.892. The lowest BCUT2D eigenvalue weighted by Gasteiger charge is -2.03. The smallest absolute Gasteiger partial charge is 0.375 e. The number of hydrogen-bond acceptors (Lipinski definition) is 3. The Kier molecular flexibility index (Phi) is 2.81. The third kappa shape index (κ3) is 2.26. The van der Waals surface area contributed by atoms with Crippen LogP contribution in [0.25, 0.3) is 5.69 Å². The van der Waals surface area contributed by atoms with E-state index in [1.54, 1.807) is 6.92 Å². The molecule has 88 valence electrons. The second kappa shape index (κ2) is 4.14. The summed E-state index contributed by atoms with van der Waals surface area (Å²) in [5.41, 5.74) is 0.326. The van der Waals surface area contributed by atoms with Gasteiger partial charge in [0.1, 0.15) is 11.6 Å². The fraction of sp³-hybridized carbons (Fsp3) is 0.100. The number of nitrogens with zero attached hydrogens (tertiary/aromatic N) is 3. The van der Waals surface area contributed by atoms with E-state index in [4.69, 9.17) is 16.7 Å².